The molecule has 2 N–H and O–H groups in total. The van der Waals surface area contributed by atoms with Gasteiger partial charge in [-0.15, -0.1) is 12.4 Å². The quantitative estimate of drug-likeness (QED) is 0.853. The van der Waals surface area contributed by atoms with Gasteiger partial charge in [0.2, 0.25) is 0 Å². The summed E-state index contributed by atoms with van der Waals surface area (Å²) in [5.74, 6) is 0.507. The summed E-state index contributed by atoms with van der Waals surface area (Å²) in [6.07, 6.45) is 2.07. The van der Waals surface area contributed by atoms with E-state index in [1.165, 1.54) is 6.07 Å². The third-order valence-corrected chi connectivity index (χ3v) is 2.67. The standard InChI is InChI=1S/C13H20FN.ClH/c1-9(2)4-7-13(15)11-5-6-12(14)10(3)8-11;/h5-6,8-9,13H,4,7,15H2,1-3H3;1H/t13-;/m1./s1. The molecule has 3 heteroatoms. The monoisotopic (exact) mass is 245 g/mol. The summed E-state index contributed by atoms with van der Waals surface area (Å²) in [7, 11) is 0. The summed E-state index contributed by atoms with van der Waals surface area (Å²) >= 11 is 0. The number of benzene rings is 1. The Kier molecular flexibility index (Phi) is 6.61. The van der Waals surface area contributed by atoms with Crippen molar-refractivity contribution in [3.63, 3.8) is 0 Å². The molecule has 1 rings (SSSR count). The van der Waals surface area contributed by atoms with Crippen molar-refractivity contribution in [2.75, 3.05) is 0 Å². The molecule has 1 atom stereocenters. The molecule has 0 fully saturated rings. The Hall–Kier alpha value is -0.600. The lowest BCUT2D eigenvalue weighted by Crippen LogP contribution is -2.11. The van der Waals surface area contributed by atoms with Crippen molar-refractivity contribution < 1.29 is 4.39 Å². The van der Waals surface area contributed by atoms with Crippen LogP contribution in [0, 0.1) is 18.7 Å². The Labute approximate surface area is 104 Å². The first-order chi connectivity index (χ1) is 7.00. The third kappa shape index (κ3) is 4.50. The molecule has 1 aromatic rings. The van der Waals surface area contributed by atoms with E-state index in [2.05, 4.69) is 13.8 Å². The van der Waals surface area contributed by atoms with E-state index in [4.69, 9.17) is 5.73 Å². The van der Waals surface area contributed by atoms with Crippen molar-refractivity contribution >= 4 is 12.4 Å². The average Bonchev–Trinajstić information content (AvgIpc) is 2.18. The predicted molar refractivity (Wildman–Crippen MR) is 69.4 cm³/mol. The van der Waals surface area contributed by atoms with Crippen LogP contribution in [-0.2, 0) is 0 Å². The van der Waals surface area contributed by atoms with Crippen LogP contribution in [0.5, 0.6) is 0 Å². The summed E-state index contributed by atoms with van der Waals surface area (Å²) in [6, 6.07) is 5.17. The molecule has 0 aliphatic rings. The molecule has 0 spiro atoms. The third-order valence-electron chi connectivity index (χ3n) is 2.67. The molecule has 1 aromatic carbocycles. The van der Waals surface area contributed by atoms with Crippen LogP contribution < -0.4 is 5.73 Å². The zero-order valence-corrected chi connectivity index (χ0v) is 11.0. The maximum Gasteiger partial charge on any atom is 0.126 e. The van der Waals surface area contributed by atoms with E-state index < -0.39 is 0 Å². The minimum atomic E-state index is -0.158. The lowest BCUT2D eigenvalue weighted by atomic mass is 9.97. The van der Waals surface area contributed by atoms with Gasteiger partial charge in [0.15, 0.2) is 0 Å². The fraction of sp³-hybridized carbons (Fsp3) is 0.538. The number of hydrogen-bond acceptors (Lipinski definition) is 1. The van der Waals surface area contributed by atoms with Crippen LogP contribution in [0.25, 0.3) is 0 Å². The summed E-state index contributed by atoms with van der Waals surface area (Å²) in [5, 5.41) is 0. The SMILES string of the molecule is Cc1cc([C@H](N)CCC(C)C)ccc1F.Cl. The van der Waals surface area contributed by atoms with Gasteiger partial charge in [0.05, 0.1) is 0 Å². The Morgan fingerprint density at radius 2 is 1.88 bits per heavy atom. The minimum Gasteiger partial charge on any atom is -0.324 e. The Morgan fingerprint density at radius 3 is 2.38 bits per heavy atom. The largest absolute Gasteiger partial charge is 0.324 e. The molecule has 0 amide bonds. The van der Waals surface area contributed by atoms with Crippen molar-refractivity contribution in [3.8, 4) is 0 Å². The maximum atomic E-state index is 13.0. The van der Waals surface area contributed by atoms with Gasteiger partial charge in [0.25, 0.3) is 0 Å². The molecule has 0 bridgehead atoms. The molecular weight excluding hydrogens is 225 g/mol. The lowest BCUT2D eigenvalue weighted by molar-refractivity contribution is 0.506. The first-order valence-corrected chi connectivity index (χ1v) is 5.52. The number of hydrogen-bond donors (Lipinski definition) is 1. The van der Waals surface area contributed by atoms with Gasteiger partial charge in [0.1, 0.15) is 5.82 Å². The topological polar surface area (TPSA) is 26.0 Å². The van der Waals surface area contributed by atoms with Crippen LogP contribution in [0.1, 0.15) is 43.9 Å². The average molecular weight is 246 g/mol. The van der Waals surface area contributed by atoms with Crippen molar-refractivity contribution in [2.24, 2.45) is 11.7 Å². The second-order valence-corrected chi connectivity index (χ2v) is 4.59. The molecule has 0 aliphatic carbocycles. The van der Waals surface area contributed by atoms with Crippen LogP contribution in [0.15, 0.2) is 18.2 Å². The zero-order chi connectivity index (χ0) is 11.4. The Morgan fingerprint density at radius 1 is 1.25 bits per heavy atom. The van der Waals surface area contributed by atoms with Gasteiger partial charge in [-0.05, 0) is 42.9 Å². The number of halogens is 2. The van der Waals surface area contributed by atoms with E-state index >= 15 is 0 Å². The Balaban J connectivity index is 0.00000225. The molecule has 0 aromatic heterocycles. The molecule has 0 radical (unpaired) electrons. The van der Waals surface area contributed by atoms with Crippen molar-refractivity contribution in [1.29, 1.82) is 0 Å². The molecule has 1 nitrogen and oxygen atoms in total. The number of rotatable bonds is 4. The highest BCUT2D eigenvalue weighted by atomic mass is 35.5. The second kappa shape index (κ2) is 6.87. The predicted octanol–water partition coefficient (Wildman–Crippen LogP) is 3.99. The second-order valence-electron chi connectivity index (χ2n) is 4.59. The molecule has 16 heavy (non-hydrogen) atoms. The van der Waals surface area contributed by atoms with Gasteiger partial charge >= 0.3 is 0 Å². The first kappa shape index (κ1) is 15.4. The van der Waals surface area contributed by atoms with E-state index in [1.54, 1.807) is 13.0 Å². The van der Waals surface area contributed by atoms with Crippen LogP contribution in [0.3, 0.4) is 0 Å². The number of nitrogens with two attached hydrogens (primary N) is 1. The van der Waals surface area contributed by atoms with Gasteiger partial charge in [-0.2, -0.15) is 0 Å². The molecule has 0 saturated heterocycles. The van der Waals surface area contributed by atoms with E-state index in [0.29, 0.717) is 11.5 Å². The lowest BCUT2D eigenvalue weighted by Gasteiger charge is -2.14. The Bertz CT molecular complexity index is 326. The summed E-state index contributed by atoms with van der Waals surface area (Å²) in [5.41, 5.74) is 7.75. The highest BCUT2D eigenvalue weighted by Crippen LogP contribution is 2.20. The van der Waals surface area contributed by atoms with Crippen LogP contribution in [-0.4, -0.2) is 0 Å². The van der Waals surface area contributed by atoms with Gasteiger partial charge < -0.3 is 5.73 Å². The fourth-order valence-electron chi connectivity index (χ4n) is 1.58. The molecule has 0 saturated carbocycles. The highest BCUT2D eigenvalue weighted by molar-refractivity contribution is 5.85. The van der Waals surface area contributed by atoms with Crippen LogP contribution in [0.4, 0.5) is 4.39 Å². The van der Waals surface area contributed by atoms with Gasteiger partial charge in [-0.25, -0.2) is 4.39 Å². The summed E-state index contributed by atoms with van der Waals surface area (Å²) < 4.78 is 13.0. The maximum absolute atomic E-state index is 13.0. The summed E-state index contributed by atoms with van der Waals surface area (Å²) in [4.78, 5) is 0. The first-order valence-electron chi connectivity index (χ1n) is 5.52. The van der Waals surface area contributed by atoms with Crippen molar-refractivity contribution in [1.82, 2.24) is 0 Å². The van der Waals surface area contributed by atoms with E-state index in [0.717, 1.165) is 18.4 Å². The van der Waals surface area contributed by atoms with Crippen molar-refractivity contribution in [2.45, 2.75) is 39.7 Å². The molecule has 0 heterocycles. The number of aryl methyl sites for hydroxylation is 1. The van der Waals surface area contributed by atoms with Gasteiger partial charge in [-0.1, -0.05) is 26.0 Å². The van der Waals surface area contributed by atoms with Crippen LogP contribution in [0.2, 0.25) is 0 Å². The summed E-state index contributed by atoms with van der Waals surface area (Å²) in [6.45, 7) is 6.14. The van der Waals surface area contributed by atoms with Crippen LogP contribution >= 0.6 is 12.4 Å². The zero-order valence-electron chi connectivity index (χ0n) is 10.2. The van der Waals surface area contributed by atoms with Gasteiger partial charge in [0, 0.05) is 6.04 Å². The molecular formula is C13H21ClFN. The fourth-order valence-corrected chi connectivity index (χ4v) is 1.58. The molecule has 0 aliphatic heterocycles. The van der Waals surface area contributed by atoms with Gasteiger partial charge in [-0.3, -0.25) is 0 Å². The van der Waals surface area contributed by atoms with E-state index in [9.17, 15) is 4.39 Å². The minimum absolute atomic E-state index is 0. The van der Waals surface area contributed by atoms with E-state index in [-0.39, 0.29) is 24.3 Å². The normalized spacial score (nSPS) is 12.4. The molecule has 0 unspecified atom stereocenters. The highest BCUT2D eigenvalue weighted by Gasteiger charge is 2.08. The smallest absolute Gasteiger partial charge is 0.126 e. The molecule has 92 valence electrons. The van der Waals surface area contributed by atoms with E-state index in [1.807, 2.05) is 6.07 Å². The van der Waals surface area contributed by atoms with Crippen molar-refractivity contribution in [3.05, 3.63) is 35.1 Å².